The van der Waals surface area contributed by atoms with Crippen molar-refractivity contribution in [2.75, 3.05) is 19.8 Å². The summed E-state index contributed by atoms with van der Waals surface area (Å²) in [5.41, 5.74) is 0. The Hall–Kier alpha value is -1.46. The predicted octanol–water partition coefficient (Wildman–Crippen LogP) is 1.32. The Kier molecular flexibility index (Phi) is 31.0. The lowest BCUT2D eigenvalue weighted by Gasteiger charge is -1.90. The minimum atomic E-state index is -4.26. The average Bonchev–Trinajstić information content (AvgIpc) is 2.57. The van der Waals surface area contributed by atoms with Crippen molar-refractivity contribution in [1.82, 2.24) is 0 Å². The van der Waals surface area contributed by atoms with Crippen LogP contribution in [-0.4, -0.2) is 58.7 Å². The molecule has 0 aromatic heterocycles. The minimum absolute atomic E-state index is 0. The lowest BCUT2D eigenvalue weighted by molar-refractivity contribution is 0.295. The summed E-state index contributed by atoms with van der Waals surface area (Å²) in [7, 11) is -12.8. The van der Waals surface area contributed by atoms with Crippen LogP contribution < -0.4 is 0 Å². The fourth-order valence-corrected chi connectivity index (χ4v) is 1.27. The SMILES string of the molecule is C=CCOS(=O)(=O)O.C=CCOS(=O)(=O)O.C=CCOS(=O)(=O)O.C=COC=C.P. The van der Waals surface area contributed by atoms with E-state index >= 15 is 0 Å². The lowest BCUT2D eigenvalue weighted by atomic mass is 10.7. The van der Waals surface area contributed by atoms with Gasteiger partial charge in [0, 0.05) is 0 Å². The van der Waals surface area contributed by atoms with E-state index in [0.29, 0.717) is 0 Å². The number of ether oxygens (including phenoxy) is 1. The molecule has 0 aromatic rings. The number of hydrogen-bond donors (Lipinski definition) is 3. The van der Waals surface area contributed by atoms with Gasteiger partial charge < -0.3 is 4.74 Å². The van der Waals surface area contributed by atoms with Gasteiger partial charge in [-0.15, -0.1) is 19.7 Å². The van der Waals surface area contributed by atoms with Crippen LogP contribution >= 0.6 is 9.90 Å². The van der Waals surface area contributed by atoms with Crippen LogP contribution in [0.4, 0.5) is 0 Å². The first kappa shape index (κ1) is 39.1. The molecule has 0 saturated heterocycles. The van der Waals surface area contributed by atoms with Gasteiger partial charge in [0.2, 0.25) is 0 Å². The Labute approximate surface area is 180 Å². The van der Waals surface area contributed by atoms with E-state index in [1.165, 1.54) is 30.8 Å². The summed E-state index contributed by atoms with van der Waals surface area (Å²) < 4.78 is 97.3. The molecule has 180 valence electrons. The van der Waals surface area contributed by atoms with Gasteiger partial charge >= 0.3 is 31.2 Å². The molecule has 0 heterocycles. The van der Waals surface area contributed by atoms with Crippen molar-refractivity contribution in [2.45, 2.75) is 0 Å². The van der Waals surface area contributed by atoms with Gasteiger partial charge in [-0.1, -0.05) is 31.4 Å². The molecule has 0 bridgehead atoms. The maximum atomic E-state index is 9.68. The van der Waals surface area contributed by atoms with E-state index in [0.717, 1.165) is 0 Å². The number of rotatable bonds is 11. The number of hydrogen-bond acceptors (Lipinski definition) is 10. The largest absolute Gasteiger partial charge is 0.474 e. The van der Waals surface area contributed by atoms with Crippen LogP contribution in [0, 0.1) is 0 Å². The van der Waals surface area contributed by atoms with E-state index in [-0.39, 0.29) is 29.7 Å². The highest BCUT2D eigenvalue weighted by Crippen LogP contribution is 1.84. The third kappa shape index (κ3) is 71.7. The molecule has 13 nitrogen and oxygen atoms in total. The molecule has 0 spiro atoms. The van der Waals surface area contributed by atoms with E-state index < -0.39 is 31.2 Å². The molecule has 17 heteroatoms. The summed E-state index contributed by atoms with van der Waals surface area (Å²) in [6.07, 6.45) is 6.27. The molecule has 0 aliphatic heterocycles. The van der Waals surface area contributed by atoms with E-state index in [1.807, 2.05) is 0 Å². The topological polar surface area (TPSA) is 200 Å². The third-order valence-corrected chi connectivity index (χ3v) is 2.50. The zero-order valence-corrected chi connectivity index (χ0v) is 19.8. The molecule has 0 aromatic carbocycles. The molecule has 0 amide bonds. The van der Waals surface area contributed by atoms with E-state index in [1.54, 1.807) is 0 Å². The van der Waals surface area contributed by atoms with Crippen LogP contribution in [0.1, 0.15) is 0 Å². The Morgan fingerprint density at radius 1 is 0.567 bits per heavy atom. The second kappa shape index (κ2) is 23.8. The molecule has 1 atom stereocenters. The van der Waals surface area contributed by atoms with Crippen molar-refractivity contribution in [1.29, 1.82) is 0 Å². The van der Waals surface area contributed by atoms with Crippen LogP contribution in [0.5, 0.6) is 0 Å². The quantitative estimate of drug-likeness (QED) is 0.153. The van der Waals surface area contributed by atoms with Gasteiger partial charge in [0.15, 0.2) is 0 Å². The molecule has 1 unspecified atom stereocenters. The molecule has 0 aliphatic rings. The van der Waals surface area contributed by atoms with Gasteiger partial charge in [0.1, 0.15) is 0 Å². The highest BCUT2D eigenvalue weighted by Gasteiger charge is 2.00. The van der Waals surface area contributed by atoms with Crippen LogP contribution in [-0.2, 0) is 48.5 Å². The van der Waals surface area contributed by atoms with Crippen molar-refractivity contribution >= 4 is 41.1 Å². The van der Waals surface area contributed by atoms with Crippen LogP contribution in [0.25, 0.3) is 0 Å². The van der Waals surface area contributed by atoms with Gasteiger partial charge in [-0.2, -0.15) is 35.2 Å². The molecule has 0 saturated carbocycles. The molecule has 0 rings (SSSR count). The maximum absolute atomic E-state index is 9.68. The molecule has 0 aliphatic carbocycles. The monoisotopic (exact) mass is 518 g/mol. The summed E-state index contributed by atoms with van der Waals surface area (Å²) >= 11 is 0. The third-order valence-electron chi connectivity index (χ3n) is 1.20. The Morgan fingerprint density at radius 2 is 0.767 bits per heavy atom. The molecular weight excluding hydrogens is 491 g/mol. The van der Waals surface area contributed by atoms with Gasteiger partial charge in [-0.05, 0) is 0 Å². The first-order valence-corrected chi connectivity index (χ1v) is 10.7. The Morgan fingerprint density at radius 3 is 0.800 bits per heavy atom. The van der Waals surface area contributed by atoms with Gasteiger partial charge in [0.25, 0.3) is 0 Å². The van der Waals surface area contributed by atoms with Crippen LogP contribution in [0.15, 0.2) is 63.6 Å². The maximum Gasteiger partial charge on any atom is 0.397 e. The predicted molar refractivity (Wildman–Crippen MR) is 116 cm³/mol. The highest BCUT2D eigenvalue weighted by atomic mass is 32.3. The van der Waals surface area contributed by atoms with Crippen LogP contribution in [0.3, 0.4) is 0 Å². The van der Waals surface area contributed by atoms with Crippen molar-refractivity contribution in [3.63, 3.8) is 0 Å². The van der Waals surface area contributed by atoms with Crippen molar-refractivity contribution in [2.24, 2.45) is 0 Å². The van der Waals surface area contributed by atoms with E-state index in [2.05, 4.69) is 50.2 Å². The average molecular weight is 519 g/mol. The van der Waals surface area contributed by atoms with Crippen molar-refractivity contribution in [3.8, 4) is 0 Å². The van der Waals surface area contributed by atoms with Crippen molar-refractivity contribution in [3.05, 3.63) is 63.6 Å². The molecule has 3 N–H and O–H groups in total. The zero-order valence-electron chi connectivity index (χ0n) is 15.9. The summed E-state index contributed by atoms with van der Waals surface area (Å²) in [5, 5.41) is 0. The Balaban J connectivity index is -0.0000000929. The lowest BCUT2D eigenvalue weighted by Crippen LogP contribution is -2.02. The second-order valence-electron chi connectivity index (χ2n) is 3.47. The first-order chi connectivity index (χ1) is 13.1. The fourth-order valence-electron chi connectivity index (χ4n) is 0.470. The summed E-state index contributed by atoms with van der Waals surface area (Å²) in [6, 6.07) is 0. The van der Waals surface area contributed by atoms with Gasteiger partial charge in [0.05, 0.1) is 32.3 Å². The standard InChI is InChI=1S/C4H6O.3C3H6O4S.H3P/c1-3-5-4-2;3*1-2-3-7-8(4,5)6;/h3-4H,1-2H2;3*2H,1,3H2,(H,4,5,6);1H3. The van der Waals surface area contributed by atoms with Crippen molar-refractivity contribution < 1.29 is 56.2 Å². The molecular formula is C13H27O13PS3. The van der Waals surface area contributed by atoms with E-state index in [4.69, 9.17) is 13.7 Å². The summed E-state index contributed by atoms with van der Waals surface area (Å²) in [5.74, 6) is 0. The fraction of sp³-hybridized carbons (Fsp3) is 0.231. The molecule has 0 radical (unpaired) electrons. The zero-order chi connectivity index (χ0) is 24.0. The van der Waals surface area contributed by atoms with Gasteiger partial charge in [-0.3, -0.25) is 13.7 Å². The minimum Gasteiger partial charge on any atom is -0.474 e. The van der Waals surface area contributed by atoms with E-state index in [9.17, 15) is 25.3 Å². The second-order valence-corrected chi connectivity index (χ2v) is 6.75. The summed E-state index contributed by atoms with van der Waals surface area (Å²) in [4.78, 5) is 0. The van der Waals surface area contributed by atoms with Gasteiger partial charge in [-0.25, -0.2) is 12.5 Å². The van der Waals surface area contributed by atoms with Crippen LogP contribution in [0.2, 0.25) is 0 Å². The smallest absolute Gasteiger partial charge is 0.397 e. The normalized spacial score (nSPS) is 9.83. The molecule has 0 fully saturated rings. The highest BCUT2D eigenvalue weighted by molar-refractivity contribution is 7.81. The molecule has 30 heavy (non-hydrogen) atoms. The Bertz CT molecular complexity index is 670. The first-order valence-electron chi connectivity index (χ1n) is 6.65. The summed E-state index contributed by atoms with van der Waals surface area (Å²) in [6.45, 7) is 15.4.